The molecule has 1 N–H and O–H groups in total. The first-order chi connectivity index (χ1) is 18.7. The van der Waals surface area contributed by atoms with Gasteiger partial charge in [-0.15, -0.1) is 0 Å². The van der Waals surface area contributed by atoms with E-state index in [1.807, 2.05) is 18.2 Å². The van der Waals surface area contributed by atoms with Gasteiger partial charge >= 0.3 is 0 Å². The van der Waals surface area contributed by atoms with E-state index in [9.17, 15) is 13.2 Å². The average molecular weight is 546 g/mol. The molecule has 2 atom stereocenters. The van der Waals surface area contributed by atoms with Gasteiger partial charge in [0.2, 0.25) is 0 Å². The number of halogens is 5. The molecule has 1 saturated heterocycles. The minimum absolute atomic E-state index is 0.196. The summed E-state index contributed by atoms with van der Waals surface area (Å²) in [6, 6.07) is 7.52. The largest absolute Gasteiger partial charge is 0.357 e. The van der Waals surface area contributed by atoms with E-state index in [4.69, 9.17) is 0 Å². The van der Waals surface area contributed by atoms with Crippen LogP contribution in [-0.4, -0.2) is 60.1 Å². The van der Waals surface area contributed by atoms with Crippen molar-refractivity contribution in [2.75, 3.05) is 39.4 Å². The van der Waals surface area contributed by atoms with Crippen molar-refractivity contribution in [3.8, 4) is 0 Å². The third-order valence-electron chi connectivity index (χ3n) is 8.35. The highest BCUT2D eigenvalue weighted by molar-refractivity contribution is 5.87. The van der Waals surface area contributed by atoms with Gasteiger partial charge in [-0.3, -0.25) is 9.29 Å². The van der Waals surface area contributed by atoms with Gasteiger partial charge in [-0.2, -0.15) is 0 Å². The summed E-state index contributed by atoms with van der Waals surface area (Å²) in [4.78, 5) is 7.02. The van der Waals surface area contributed by atoms with Crippen molar-refractivity contribution in [3.63, 3.8) is 0 Å². The lowest BCUT2D eigenvalue weighted by atomic mass is 9.89. The molecule has 210 valence electrons. The van der Waals surface area contributed by atoms with E-state index in [0.717, 1.165) is 41.5 Å². The first-order valence-corrected chi connectivity index (χ1v) is 13.9. The van der Waals surface area contributed by atoms with E-state index in [0.29, 0.717) is 37.1 Å². The zero-order valence-electron chi connectivity index (χ0n) is 22.4. The molecule has 39 heavy (non-hydrogen) atoms. The molecule has 0 bridgehead atoms. The second-order valence-electron chi connectivity index (χ2n) is 11.0. The Morgan fingerprint density at radius 2 is 1.90 bits per heavy atom. The summed E-state index contributed by atoms with van der Waals surface area (Å²) in [5.74, 6) is -4.18. The third-order valence-corrected chi connectivity index (χ3v) is 8.35. The van der Waals surface area contributed by atoms with Crippen molar-refractivity contribution < 1.29 is 22.0 Å². The van der Waals surface area contributed by atoms with E-state index in [1.54, 1.807) is 6.08 Å². The molecule has 3 nitrogen and oxygen atoms in total. The lowest BCUT2D eigenvalue weighted by molar-refractivity contribution is -0.0442. The number of hydrogen-bond acceptors (Lipinski definition) is 2. The lowest BCUT2D eigenvalue weighted by Gasteiger charge is -2.38. The second kappa shape index (κ2) is 11.4. The normalized spacial score (nSPS) is 20.6. The van der Waals surface area contributed by atoms with Crippen molar-refractivity contribution >= 4 is 17.0 Å². The number of likely N-dealkylation sites (tertiary alicyclic amines) is 1. The summed E-state index contributed by atoms with van der Waals surface area (Å²) in [5, 5.41) is 0.929. The number of H-pyrrole nitrogens is 1. The molecule has 2 aliphatic heterocycles. The zero-order valence-corrected chi connectivity index (χ0v) is 22.4. The molecule has 0 radical (unpaired) electrons. The van der Waals surface area contributed by atoms with E-state index in [-0.39, 0.29) is 31.1 Å². The zero-order chi connectivity index (χ0) is 27.7. The smallest absolute Gasteiger partial charge is 0.260 e. The second-order valence-corrected chi connectivity index (χ2v) is 11.0. The molecule has 2 aliphatic rings. The highest BCUT2D eigenvalue weighted by Crippen LogP contribution is 2.42. The van der Waals surface area contributed by atoms with Crippen LogP contribution in [0, 0.1) is 17.6 Å². The van der Waals surface area contributed by atoms with Gasteiger partial charge < -0.3 is 9.88 Å². The molecule has 0 aliphatic carbocycles. The molecule has 0 saturated carbocycles. The van der Waals surface area contributed by atoms with E-state index in [1.165, 1.54) is 24.0 Å². The molecule has 1 fully saturated rings. The van der Waals surface area contributed by atoms with Crippen LogP contribution in [0.15, 0.2) is 36.9 Å². The number of aromatic amines is 1. The number of benzene rings is 2. The van der Waals surface area contributed by atoms with Gasteiger partial charge in [-0.05, 0) is 73.0 Å². The third kappa shape index (κ3) is 5.78. The highest BCUT2D eigenvalue weighted by Gasteiger charge is 2.40. The summed E-state index contributed by atoms with van der Waals surface area (Å²) in [5.41, 5.74) is 3.52. The van der Waals surface area contributed by atoms with Crippen molar-refractivity contribution in [2.45, 2.75) is 51.0 Å². The van der Waals surface area contributed by atoms with Crippen LogP contribution >= 0.6 is 0 Å². The molecule has 1 aromatic heterocycles. The fourth-order valence-corrected chi connectivity index (χ4v) is 6.31. The maximum atomic E-state index is 15.8. The first kappa shape index (κ1) is 27.8. The molecule has 5 rings (SSSR count). The Kier molecular flexibility index (Phi) is 8.15. The topological polar surface area (TPSA) is 22.3 Å². The van der Waals surface area contributed by atoms with Crippen LogP contribution < -0.4 is 0 Å². The van der Waals surface area contributed by atoms with Gasteiger partial charge in [0.25, 0.3) is 5.92 Å². The number of nitrogens with one attached hydrogen (secondary N) is 1. The van der Waals surface area contributed by atoms with Gasteiger partial charge in [0.1, 0.15) is 11.6 Å². The molecule has 2 unspecified atom stereocenters. The summed E-state index contributed by atoms with van der Waals surface area (Å²) in [7, 11) is 0. The number of alkyl halides is 3. The quantitative estimate of drug-likeness (QED) is 0.270. The van der Waals surface area contributed by atoms with Gasteiger partial charge in [-0.25, -0.2) is 17.6 Å². The van der Waals surface area contributed by atoms with E-state index in [2.05, 4.69) is 16.5 Å². The van der Waals surface area contributed by atoms with Gasteiger partial charge in [-0.1, -0.05) is 31.7 Å². The molecule has 0 spiro atoms. The lowest BCUT2D eigenvalue weighted by Crippen LogP contribution is -2.43. The van der Waals surface area contributed by atoms with Crippen molar-refractivity contribution in [1.82, 2.24) is 14.8 Å². The molecule has 3 aromatic rings. The SMILES string of the molecule is C=Cc1ccc2c3c([nH]c2c1)C(c1c(F)cc(CC2CCN(CCCF)C2)cc1F)N(CC(F)(F)CC)CC3. The Bertz CT molecular complexity index is 1310. The number of nitrogens with zero attached hydrogens (tertiary/aromatic N) is 2. The molecule has 2 aromatic carbocycles. The van der Waals surface area contributed by atoms with Crippen LogP contribution in [0.1, 0.15) is 60.2 Å². The maximum absolute atomic E-state index is 15.8. The molecule has 0 amide bonds. The minimum atomic E-state index is -2.98. The first-order valence-electron chi connectivity index (χ1n) is 13.9. The maximum Gasteiger partial charge on any atom is 0.260 e. The van der Waals surface area contributed by atoms with Crippen molar-refractivity contribution in [2.24, 2.45) is 5.92 Å². The highest BCUT2D eigenvalue weighted by atomic mass is 19.3. The summed E-state index contributed by atoms with van der Waals surface area (Å²) in [6.07, 6.45) is 3.76. The Hall–Kier alpha value is -2.71. The number of rotatable bonds is 10. The van der Waals surface area contributed by atoms with Crippen molar-refractivity contribution in [3.05, 3.63) is 76.5 Å². The number of aromatic nitrogens is 1. The Morgan fingerprint density at radius 1 is 1.13 bits per heavy atom. The fourth-order valence-electron chi connectivity index (χ4n) is 6.31. The predicted molar refractivity (Wildman–Crippen MR) is 146 cm³/mol. The van der Waals surface area contributed by atoms with Crippen LogP contribution in [0.5, 0.6) is 0 Å². The van der Waals surface area contributed by atoms with E-state index >= 15 is 8.78 Å². The summed E-state index contributed by atoms with van der Waals surface area (Å²) >= 11 is 0. The Morgan fingerprint density at radius 3 is 2.59 bits per heavy atom. The van der Waals surface area contributed by atoms with Crippen LogP contribution in [0.4, 0.5) is 22.0 Å². The summed E-state index contributed by atoms with van der Waals surface area (Å²) in [6.45, 7) is 6.87. The summed E-state index contributed by atoms with van der Waals surface area (Å²) < 4.78 is 73.5. The van der Waals surface area contributed by atoms with Gasteiger partial charge in [0.15, 0.2) is 0 Å². The number of fused-ring (bicyclic) bond motifs is 3. The minimum Gasteiger partial charge on any atom is -0.357 e. The standard InChI is InChI=1S/C31H36F5N3/c1-3-20-6-7-23-24-9-13-39(19-31(35,36)4-2)30(29(24)37-27(23)17-20)28-25(33)15-22(16-26(28)34)14-21-8-12-38(18-21)11-5-10-32/h3,6-7,15-17,21,30,37H,1,4-5,8-14,18-19H2,2H3. The van der Waals surface area contributed by atoms with Gasteiger partial charge in [0.05, 0.1) is 19.3 Å². The Balaban J connectivity index is 1.50. The van der Waals surface area contributed by atoms with Gasteiger partial charge in [0, 0.05) is 48.2 Å². The molecule has 3 heterocycles. The average Bonchev–Trinajstić information content (AvgIpc) is 3.51. The van der Waals surface area contributed by atoms with E-state index < -0.39 is 30.1 Å². The fraction of sp³-hybridized carbons (Fsp3) is 0.484. The molecular formula is C31H36F5N3. The Labute approximate surface area is 226 Å². The monoisotopic (exact) mass is 545 g/mol. The molecular weight excluding hydrogens is 509 g/mol. The number of hydrogen-bond donors (Lipinski definition) is 1. The van der Waals surface area contributed by atoms with Crippen molar-refractivity contribution in [1.29, 1.82) is 0 Å². The van der Waals surface area contributed by atoms with Crippen LogP contribution in [0.3, 0.4) is 0 Å². The molecule has 8 heteroatoms. The predicted octanol–water partition coefficient (Wildman–Crippen LogP) is 7.31. The van der Waals surface area contributed by atoms with Crippen LogP contribution in [0.25, 0.3) is 17.0 Å². The van der Waals surface area contributed by atoms with Crippen LogP contribution in [0.2, 0.25) is 0 Å². The van der Waals surface area contributed by atoms with Crippen LogP contribution in [-0.2, 0) is 12.8 Å².